The molecule has 1 aliphatic carbocycles. The van der Waals surface area contributed by atoms with Crippen molar-refractivity contribution in [2.75, 3.05) is 18.4 Å². The highest BCUT2D eigenvalue weighted by molar-refractivity contribution is 6.07. The van der Waals surface area contributed by atoms with Gasteiger partial charge in [0.15, 0.2) is 5.82 Å². The molecule has 0 radical (unpaired) electrons. The average molecular weight is 496 g/mol. The Morgan fingerprint density at radius 2 is 1.89 bits per heavy atom. The van der Waals surface area contributed by atoms with Crippen LogP contribution in [0.1, 0.15) is 48.0 Å². The van der Waals surface area contributed by atoms with Crippen molar-refractivity contribution in [3.8, 4) is 6.07 Å². The third kappa shape index (κ3) is 4.34. The van der Waals surface area contributed by atoms with Crippen LogP contribution in [0.5, 0.6) is 0 Å². The lowest BCUT2D eigenvalue weighted by Gasteiger charge is -2.40. The number of likely N-dealkylation sites (tertiary alicyclic amines) is 1. The summed E-state index contributed by atoms with van der Waals surface area (Å²) in [6.45, 7) is 2.37. The maximum absolute atomic E-state index is 12.3. The van der Waals surface area contributed by atoms with Crippen LogP contribution in [0.25, 0.3) is 21.8 Å². The van der Waals surface area contributed by atoms with Crippen LogP contribution in [-0.4, -0.2) is 44.6 Å². The van der Waals surface area contributed by atoms with Crippen molar-refractivity contribution in [3.05, 3.63) is 59.8 Å². The number of carbonyl (C=O) groups is 2. The third-order valence-electron chi connectivity index (χ3n) is 7.83. The largest absolute Gasteiger partial charge is 0.365 e. The van der Waals surface area contributed by atoms with Gasteiger partial charge in [-0.1, -0.05) is 30.3 Å². The summed E-state index contributed by atoms with van der Waals surface area (Å²) in [5.74, 6) is -0.611. The number of piperidine rings is 1. The normalized spacial score (nSPS) is 17.6. The van der Waals surface area contributed by atoms with E-state index in [0.29, 0.717) is 12.8 Å². The standard InChI is InChI=1S/C28H29N7O2/c29-12-9-28(35-17-22(25(30)36)26(33-35)32-27(37)19-6-7-19)10-13-34(14-11-28)16-18-5-8-21-20-3-1-2-4-23(20)31-24(21)15-18/h1-5,8,15,17,19,31H,6-7,9-11,13-14,16H2,(H2,30,36)(H,32,33,37). The minimum Gasteiger partial charge on any atom is -0.365 e. The van der Waals surface area contributed by atoms with Crippen molar-refractivity contribution in [2.24, 2.45) is 11.7 Å². The van der Waals surface area contributed by atoms with Gasteiger partial charge in [-0.15, -0.1) is 0 Å². The number of anilines is 1. The minimum atomic E-state index is -0.644. The number of H-pyrrole nitrogens is 1. The molecule has 9 nitrogen and oxygen atoms in total. The lowest BCUT2D eigenvalue weighted by Crippen LogP contribution is -2.46. The van der Waals surface area contributed by atoms with E-state index >= 15 is 0 Å². The van der Waals surface area contributed by atoms with Crippen molar-refractivity contribution < 1.29 is 9.59 Å². The van der Waals surface area contributed by atoms with E-state index < -0.39 is 11.4 Å². The second-order valence-electron chi connectivity index (χ2n) is 10.3. The maximum atomic E-state index is 12.3. The summed E-state index contributed by atoms with van der Waals surface area (Å²) in [6, 6.07) is 17.2. The Balaban J connectivity index is 1.20. The van der Waals surface area contributed by atoms with E-state index in [9.17, 15) is 14.9 Å². The van der Waals surface area contributed by atoms with E-state index in [2.05, 4.69) is 62.8 Å². The molecule has 0 atom stereocenters. The van der Waals surface area contributed by atoms with E-state index in [1.54, 1.807) is 10.9 Å². The van der Waals surface area contributed by atoms with Gasteiger partial charge < -0.3 is 16.0 Å². The highest BCUT2D eigenvalue weighted by atomic mass is 16.2. The molecule has 0 spiro atoms. The van der Waals surface area contributed by atoms with Crippen LogP contribution in [0.15, 0.2) is 48.7 Å². The number of para-hydroxylation sites is 1. The number of aromatic nitrogens is 3. The van der Waals surface area contributed by atoms with Crippen LogP contribution in [-0.2, 0) is 16.9 Å². The van der Waals surface area contributed by atoms with Gasteiger partial charge in [0, 0.05) is 53.6 Å². The van der Waals surface area contributed by atoms with Gasteiger partial charge in [0.05, 0.1) is 18.0 Å². The van der Waals surface area contributed by atoms with Crippen molar-refractivity contribution in [1.82, 2.24) is 19.7 Å². The lowest BCUT2D eigenvalue weighted by atomic mass is 9.84. The maximum Gasteiger partial charge on any atom is 0.254 e. The third-order valence-corrected chi connectivity index (χ3v) is 7.83. The van der Waals surface area contributed by atoms with Crippen molar-refractivity contribution in [2.45, 2.75) is 44.2 Å². The Morgan fingerprint density at radius 1 is 1.14 bits per heavy atom. The van der Waals surface area contributed by atoms with Crippen LogP contribution in [0, 0.1) is 17.2 Å². The molecular weight excluding hydrogens is 466 g/mol. The highest BCUT2D eigenvalue weighted by Gasteiger charge is 2.39. The zero-order valence-electron chi connectivity index (χ0n) is 20.5. The van der Waals surface area contributed by atoms with E-state index in [1.165, 1.54) is 16.3 Å². The molecule has 9 heteroatoms. The van der Waals surface area contributed by atoms with Gasteiger partial charge in [-0.2, -0.15) is 10.4 Å². The zero-order valence-corrected chi connectivity index (χ0v) is 20.5. The summed E-state index contributed by atoms with van der Waals surface area (Å²) < 4.78 is 1.70. The fourth-order valence-electron chi connectivity index (χ4n) is 5.47. The van der Waals surface area contributed by atoms with Crippen molar-refractivity contribution in [1.29, 1.82) is 5.26 Å². The molecule has 6 rings (SSSR count). The Hall–Kier alpha value is -4.16. The molecule has 0 unspecified atom stereocenters. The number of nitrogens with one attached hydrogen (secondary N) is 2. The van der Waals surface area contributed by atoms with Gasteiger partial charge in [0.2, 0.25) is 5.91 Å². The summed E-state index contributed by atoms with van der Waals surface area (Å²) >= 11 is 0. The molecule has 1 saturated carbocycles. The molecule has 2 amide bonds. The number of nitriles is 1. The number of nitrogens with zero attached hydrogens (tertiary/aromatic N) is 4. The van der Waals surface area contributed by atoms with Gasteiger partial charge >= 0.3 is 0 Å². The average Bonchev–Trinajstić information content (AvgIpc) is 3.56. The smallest absolute Gasteiger partial charge is 0.254 e. The molecule has 2 fully saturated rings. The second kappa shape index (κ2) is 9.05. The molecule has 2 aromatic carbocycles. The summed E-state index contributed by atoms with van der Waals surface area (Å²) in [5, 5.41) is 19.4. The van der Waals surface area contributed by atoms with Crippen LogP contribution in [0.3, 0.4) is 0 Å². The number of benzene rings is 2. The first-order valence-electron chi connectivity index (χ1n) is 12.8. The monoisotopic (exact) mass is 495 g/mol. The first kappa shape index (κ1) is 23.3. The van der Waals surface area contributed by atoms with Crippen molar-refractivity contribution in [3.63, 3.8) is 0 Å². The molecular formula is C28H29N7O2. The molecule has 3 heterocycles. The topological polar surface area (TPSA) is 133 Å². The molecule has 4 N–H and O–H groups in total. The van der Waals surface area contributed by atoms with E-state index in [-0.39, 0.29) is 29.6 Å². The number of rotatable bonds is 7. The number of hydrogen-bond acceptors (Lipinski definition) is 5. The molecule has 1 aliphatic heterocycles. The summed E-state index contributed by atoms with van der Waals surface area (Å²) in [7, 11) is 0. The van der Waals surface area contributed by atoms with Gasteiger partial charge in [0.1, 0.15) is 5.56 Å². The number of nitrogens with two attached hydrogens (primary N) is 1. The fourth-order valence-corrected chi connectivity index (χ4v) is 5.47. The van der Waals surface area contributed by atoms with E-state index in [1.807, 2.05) is 6.07 Å². The quantitative estimate of drug-likeness (QED) is 0.358. The summed E-state index contributed by atoms with van der Waals surface area (Å²) in [6.07, 6.45) is 4.95. The van der Waals surface area contributed by atoms with Crippen LogP contribution in [0.4, 0.5) is 5.82 Å². The van der Waals surface area contributed by atoms with Crippen LogP contribution < -0.4 is 11.1 Å². The summed E-state index contributed by atoms with van der Waals surface area (Å²) in [4.78, 5) is 30.3. The number of fused-ring (bicyclic) bond motifs is 3. The molecule has 0 bridgehead atoms. The Kier molecular flexibility index (Phi) is 5.69. The van der Waals surface area contributed by atoms with Crippen LogP contribution in [0.2, 0.25) is 0 Å². The zero-order chi connectivity index (χ0) is 25.6. The number of amides is 2. The molecule has 1 saturated heterocycles. The fraction of sp³-hybridized carbons (Fsp3) is 0.357. The molecule has 4 aromatic rings. The number of carbonyl (C=O) groups excluding carboxylic acids is 2. The number of primary amides is 1. The summed E-state index contributed by atoms with van der Waals surface area (Å²) in [5.41, 5.74) is 8.71. The Labute approximate surface area is 214 Å². The molecule has 2 aromatic heterocycles. The van der Waals surface area contributed by atoms with Crippen LogP contribution >= 0.6 is 0 Å². The van der Waals surface area contributed by atoms with Crippen molar-refractivity contribution >= 4 is 39.4 Å². The van der Waals surface area contributed by atoms with E-state index in [0.717, 1.165) is 43.5 Å². The number of aromatic amines is 1. The van der Waals surface area contributed by atoms with Gasteiger partial charge in [0.25, 0.3) is 5.91 Å². The van der Waals surface area contributed by atoms with Gasteiger partial charge in [-0.25, -0.2) is 0 Å². The second-order valence-corrected chi connectivity index (χ2v) is 10.3. The van der Waals surface area contributed by atoms with Gasteiger partial charge in [-0.3, -0.25) is 19.2 Å². The molecule has 37 heavy (non-hydrogen) atoms. The first-order chi connectivity index (χ1) is 18.0. The Morgan fingerprint density at radius 3 is 2.62 bits per heavy atom. The van der Waals surface area contributed by atoms with Gasteiger partial charge in [-0.05, 0) is 43.4 Å². The predicted molar refractivity (Wildman–Crippen MR) is 141 cm³/mol. The SMILES string of the molecule is N#CCC1(n2cc(C(N)=O)c(NC(=O)C3CC3)n2)CCN(Cc2ccc3c(c2)[nH]c2ccccc23)CC1. The first-order valence-corrected chi connectivity index (χ1v) is 12.8. The minimum absolute atomic E-state index is 0.0224. The Bertz CT molecular complexity index is 1550. The predicted octanol–water partition coefficient (Wildman–Crippen LogP) is 3.87. The lowest BCUT2D eigenvalue weighted by molar-refractivity contribution is -0.117. The number of hydrogen-bond donors (Lipinski definition) is 3. The molecule has 188 valence electrons. The highest BCUT2D eigenvalue weighted by Crippen LogP contribution is 2.36. The van der Waals surface area contributed by atoms with E-state index in [4.69, 9.17) is 5.73 Å². The molecule has 2 aliphatic rings.